The second-order valence-electron chi connectivity index (χ2n) is 39.5. The van der Waals surface area contributed by atoms with E-state index in [4.69, 9.17) is 56.3 Å². The maximum Gasteiger partial charge on any atom is 0.329 e. The lowest BCUT2D eigenvalue weighted by atomic mass is 9.83. The standard InChI is InChI=1S/C102H180N22O20/c1-14-61(8)71(93(135)122-86(63(10)16-3)83(129)57-70(59-125)92(134)124-88-66(13)144-101(143)87(64(11)17-4)123-100(142)79(53-60(6)7)120-89(131)65(12)54-81(88)127)58-80(126)73(44-45-84(109)130)114-91(133)69(56-82(128)85(62(9)15-2)121-90(132)68(18-5)55-67-35-20-19-21-36-67)37-27-33-51-112-95(137)74(39-22-28-46-103)116-97(139)76(41-24-30-48-105)118-99(141)78(43-26-32-50-107)119-98(140)77(42-25-31-49-106)117-96(138)75(40-23-29-47-104)115-94(136)72(108)38-34-52-113-102(110)111/h19-21,35-36,60-66,68-79,85-88,125H,14-18,22-34,37-59,103-108H2,1-13H3,(H2,109,130)(H,112,137)(H,114,133)(H,115,136)(H,116,139)(H,117,138)(H,118,141)(H,119,140)(H,120,131)(H,121,132)(H,122,135)(H,123,142)(H,124,134)(H4,110,111,113)/t61-,62+,63+,64+,65-,66+,68-,69-,70+,71-,72+,73-,74+,75+,76+,77+,78+,79+,85+,86+,87+,88-/m1/s1. The van der Waals surface area contributed by atoms with Gasteiger partial charge in [0.2, 0.25) is 76.8 Å². The van der Waals surface area contributed by atoms with Crippen LogP contribution in [0, 0.1) is 59.2 Å². The summed E-state index contributed by atoms with van der Waals surface area (Å²) in [5.74, 6) is -21.0. The van der Waals surface area contributed by atoms with Gasteiger partial charge in [0.15, 0.2) is 29.1 Å². The molecule has 0 bridgehead atoms. The van der Waals surface area contributed by atoms with Crippen molar-refractivity contribution < 1.29 is 96.1 Å². The number of rotatable bonds is 74. The molecule has 818 valence electrons. The Morgan fingerprint density at radius 3 is 1.33 bits per heavy atom. The van der Waals surface area contributed by atoms with Crippen LogP contribution >= 0.6 is 0 Å². The monoisotopic (exact) mass is 2030 g/mol. The van der Waals surface area contributed by atoms with Gasteiger partial charge >= 0.3 is 5.97 Å². The van der Waals surface area contributed by atoms with Gasteiger partial charge in [0.25, 0.3) is 0 Å². The molecule has 1 fully saturated rings. The Kier molecular flexibility index (Phi) is 64.7. The van der Waals surface area contributed by atoms with Gasteiger partial charge in [0.05, 0.1) is 36.7 Å². The molecule has 1 aliphatic rings. The van der Waals surface area contributed by atoms with Crippen molar-refractivity contribution in [3.8, 4) is 0 Å². The van der Waals surface area contributed by atoms with Crippen LogP contribution in [0.3, 0.4) is 0 Å². The molecule has 1 aliphatic heterocycles. The predicted molar refractivity (Wildman–Crippen MR) is 551 cm³/mol. The summed E-state index contributed by atoms with van der Waals surface area (Å²) < 4.78 is 5.85. The highest BCUT2D eigenvalue weighted by Gasteiger charge is 2.43. The second-order valence-corrected chi connectivity index (χ2v) is 39.5. The fourth-order valence-corrected chi connectivity index (χ4v) is 17.0. The van der Waals surface area contributed by atoms with E-state index in [1.807, 2.05) is 58.0 Å². The fourth-order valence-electron chi connectivity index (χ4n) is 17.0. The third-order valence-corrected chi connectivity index (χ3v) is 27.2. The zero-order valence-electron chi connectivity index (χ0n) is 88.0. The Bertz CT molecular complexity index is 4180. The maximum absolute atomic E-state index is 15.4. The summed E-state index contributed by atoms with van der Waals surface area (Å²) in [6.45, 7) is 22.8. The number of Topliss-reactive ketones (excluding diaryl/α,β-unsaturated/α-hetero) is 4. The van der Waals surface area contributed by atoms with Gasteiger partial charge in [-0.15, -0.1) is 0 Å². The minimum Gasteiger partial charge on any atom is -0.458 e. The lowest BCUT2D eigenvalue weighted by molar-refractivity contribution is -0.157. The zero-order chi connectivity index (χ0) is 108. The SMILES string of the molecule is CC[C@H](Cc1ccccc1)C(=O)N[C@H](C(=O)C[C@@H](CCCCNC(=O)[C@H](CCCCN)NC(=O)[C@H](CCCCN)NC(=O)[C@H](CCCCN)NC(=O)[C@H](CCCCN)NC(=O)[C@H](CCCCN)NC(=O)[C@@H](N)CCCN=C(N)N)C(=O)N[C@H](CCC(N)=O)C(=O)C[C@@H](C(=O)N[C@H](C(=O)C[C@@H](CO)C(=O)N[C@H]1C(=O)C[C@@H](C)C(=O)N[C@@H](CC(C)C)C(=O)N[C@@H]([C@@H](C)CC)C(=O)O[C@H]1C)[C@@H](C)CC)[C@H](C)CC)[C@@H](C)CC. The van der Waals surface area contributed by atoms with E-state index in [0.29, 0.717) is 109 Å². The van der Waals surface area contributed by atoms with E-state index in [1.54, 1.807) is 48.5 Å². The van der Waals surface area contributed by atoms with Gasteiger partial charge in [-0.3, -0.25) is 86.5 Å². The molecule has 0 aliphatic carbocycles. The Morgan fingerprint density at radius 1 is 0.451 bits per heavy atom. The van der Waals surface area contributed by atoms with Gasteiger partial charge < -0.3 is 125 Å². The van der Waals surface area contributed by atoms with Gasteiger partial charge in [0.1, 0.15) is 54.4 Å². The number of guanidine groups is 1. The average Bonchev–Trinajstić information content (AvgIpc) is 1.02. The number of amides is 13. The minimum atomic E-state index is -1.64. The Morgan fingerprint density at radius 2 is 0.896 bits per heavy atom. The number of nitrogens with zero attached hydrogens (tertiary/aromatic N) is 1. The van der Waals surface area contributed by atoms with Crippen LogP contribution in [0.25, 0.3) is 0 Å². The number of esters is 1. The number of cyclic esters (lactones) is 1. The number of unbranched alkanes of at least 4 members (excludes halogenated alkanes) is 6. The molecule has 1 aromatic rings. The molecular formula is C102H180N22O20. The molecule has 0 unspecified atom stereocenters. The molecule has 42 heteroatoms. The van der Waals surface area contributed by atoms with E-state index in [2.05, 4.69) is 68.8 Å². The predicted octanol–water partition coefficient (Wildman–Crippen LogP) is 1.66. The number of primary amides is 1. The second kappa shape index (κ2) is 71.9. The molecule has 0 saturated carbocycles. The van der Waals surface area contributed by atoms with E-state index in [9.17, 15) is 72.2 Å². The van der Waals surface area contributed by atoms with Crippen molar-refractivity contribution in [3.05, 3.63) is 35.9 Å². The van der Waals surface area contributed by atoms with Crippen molar-refractivity contribution in [1.29, 1.82) is 0 Å². The third-order valence-electron chi connectivity index (χ3n) is 27.2. The summed E-state index contributed by atoms with van der Waals surface area (Å²) in [5.41, 5.74) is 53.2. The summed E-state index contributed by atoms with van der Waals surface area (Å²) in [7, 11) is 0. The molecule has 0 aromatic heterocycles. The topological polar surface area (TPSA) is 728 Å². The largest absolute Gasteiger partial charge is 0.458 e. The Hall–Kier alpha value is -10.5. The van der Waals surface area contributed by atoms with Crippen molar-refractivity contribution in [2.45, 2.75) is 381 Å². The Balaban J connectivity index is 2.70. The van der Waals surface area contributed by atoms with Crippen LogP contribution in [0.1, 0.15) is 301 Å². The number of aliphatic hydroxyl groups is 1. The number of nitrogens with one attached hydrogen (secondary N) is 12. The van der Waals surface area contributed by atoms with E-state index in [-0.39, 0.29) is 134 Å². The quantitative estimate of drug-likeness (QED) is 0.0191. The van der Waals surface area contributed by atoms with Crippen LogP contribution in [-0.2, 0) is 97.5 Å². The first-order chi connectivity index (χ1) is 68.4. The lowest BCUT2D eigenvalue weighted by Crippen LogP contribution is -2.59. The zero-order valence-corrected chi connectivity index (χ0v) is 88.0. The van der Waals surface area contributed by atoms with Gasteiger partial charge in [-0.1, -0.05) is 146 Å². The summed E-state index contributed by atoms with van der Waals surface area (Å²) in [6, 6.07) is -5.82. The van der Waals surface area contributed by atoms with Crippen LogP contribution < -0.4 is 115 Å². The molecule has 13 amide bonds. The van der Waals surface area contributed by atoms with Crippen molar-refractivity contribution in [2.75, 3.05) is 52.4 Å². The number of aliphatic imine (C=N–C) groups is 1. The molecule has 0 radical (unpaired) electrons. The van der Waals surface area contributed by atoms with Gasteiger partial charge in [0, 0.05) is 68.9 Å². The number of nitrogens with two attached hydrogens (primary N) is 9. The van der Waals surface area contributed by atoms with Crippen LogP contribution in [0.2, 0.25) is 0 Å². The number of hydrogen-bond donors (Lipinski definition) is 22. The highest BCUT2D eigenvalue weighted by Crippen LogP contribution is 2.28. The van der Waals surface area contributed by atoms with Crippen LogP contribution in [-0.4, -0.2) is 248 Å². The molecule has 1 saturated heterocycles. The first-order valence-electron chi connectivity index (χ1n) is 52.6. The molecule has 2 rings (SSSR count). The molecule has 0 spiro atoms. The van der Waals surface area contributed by atoms with Crippen molar-refractivity contribution >= 4 is 112 Å². The summed E-state index contributed by atoms with van der Waals surface area (Å²) in [5, 5.41) is 44.4. The van der Waals surface area contributed by atoms with E-state index in [1.165, 1.54) is 13.8 Å². The minimum absolute atomic E-state index is 0.0356. The van der Waals surface area contributed by atoms with Crippen LogP contribution in [0.5, 0.6) is 0 Å². The Labute approximate surface area is 852 Å². The fraction of sp³-hybridized carbons (Fsp3) is 0.755. The first-order valence-corrected chi connectivity index (χ1v) is 52.6. The number of hydrogen-bond acceptors (Lipinski definition) is 27. The number of ketones is 4. The number of benzene rings is 1. The first kappa shape index (κ1) is 130. The smallest absolute Gasteiger partial charge is 0.329 e. The molecular weight excluding hydrogens is 1850 g/mol. The molecule has 42 nitrogen and oxygen atoms in total. The molecule has 1 heterocycles. The highest BCUT2D eigenvalue weighted by molar-refractivity contribution is 6.01. The maximum atomic E-state index is 15.4. The molecule has 31 N–H and O–H groups in total. The van der Waals surface area contributed by atoms with Gasteiger partial charge in [-0.25, -0.2) is 4.79 Å². The van der Waals surface area contributed by atoms with Crippen molar-refractivity contribution in [3.63, 3.8) is 0 Å². The molecule has 1 aromatic carbocycles. The summed E-state index contributed by atoms with van der Waals surface area (Å²) >= 11 is 0. The summed E-state index contributed by atoms with van der Waals surface area (Å²) in [6.07, 6.45) is 3.12. The van der Waals surface area contributed by atoms with Crippen LogP contribution in [0.4, 0.5) is 0 Å². The van der Waals surface area contributed by atoms with Crippen molar-refractivity contribution in [1.82, 2.24) is 63.8 Å². The number of carbonyl (C=O) groups is 18. The normalized spacial score (nSPS) is 18.7. The number of carbonyl (C=O) groups excluding carboxylic acids is 18. The average molecular weight is 2030 g/mol. The molecule has 22 atom stereocenters. The van der Waals surface area contributed by atoms with Gasteiger partial charge in [-0.05, 0) is 222 Å². The van der Waals surface area contributed by atoms with Gasteiger partial charge in [-0.2, -0.15) is 0 Å². The number of ether oxygens (including phenoxy) is 1. The lowest BCUT2D eigenvalue weighted by Gasteiger charge is -2.31. The van der Waals surface area contributed by atoms with Crippen LogP contribution in [0.15, 0.2) is 35.3 Å². The van der Waals surface area contributed by atoms with Crippen molar-refractivity contribution in [2.24, 2.45) is 116 Å². The molecule has 144 heavy (non-hydrogen) atoms. The van der Waals surface area contributed by atoms with E-state index < -0.39 is 271 Å². The van der Waals surface area contributed by atoms with E-state index >= 15 is 19.2 Å². The summed E-state index contributed by atoms with van der Waals surface area (Å²) in [4.78, 5) is 263. The number of aliphatic hydroxyl groups excluding tert-OH is 1. The van der Waals surface area contributed by atoms with E-state index in [0.717, 1.165) is 5.56 Å². The highest BCUT2D eigenvalue weighted by atomic mass is 16.5. The third kappa shape index (κ3) is 48.7.